The molecule has 0 unspecified atom stereocenters. The molecule has 0 saturated heterocycles. The van der Waals surface area contributed by atoms with E-state index in [0.717, 1.165) is 0 Å². The van der Waals surface area contributed by atoms with Crippen molar-refractivity contribution >= 4 is 17.6 Å². The third-order valence-corrected chi connectivity index (χ3v) is 1.97. The molecule has 0 spiro atoms. The van der Waals surface area contributed by atoms with Crippen molar-refractivity contribution in [2.75, 3.05) is 0 Å². The molecule has 0 aromatic carbocycles. The highest BCUT2D eigenvalue weighted by atomic mass is 35.5. The van der Waals surface area contributed by atoms with E-state index in [9.17, 15) is 4.79 Å². The number of ether oxygens (including phenoxy) is 1. The number of carboxylic acid groups (broad SMARTS) is 1. The van der Waals surface area contributed by atoms with E-state index in [1.807, 2.05) is 0 Å². The highest BCUT2D eigenvalue weighted by molar-refractivity contribution is 6.30. The van der Waals surface area contributed by atoms with Crippen molar-refractivity contribution in [2.24, 2.45) is 0 Å². The van der Waals surface area contributed by atoms with Gasteiger partial charge in [0.2, 0.25) is 0 Å². The maximum absolute atomic E-state index is 10.9. The maximum Gasteiger partial charge on any atom is 0.358 e. The van der Waals surface area contributed by atoms with Crippen molar-refractivity contribution in [3.63, 3.8) is 0 Å². The first-order valence-corrected chi connectivity index (χ1v) is 4.88. The van der Waals surface area contributed by atoms with Gasteiger partial charge in [-0.3, -0.25) is 0 Å². The van der Waals surface area contributed by atoms with E-state index < -0.39 is 5.97 Å². The molecule has 0 bridgehead atoms. The van der Waals surface area contributed by atoms with Crippen LogP contribution in [0.2, 0.25) is 5.02 Å². The summed E-state index contributed by atoms with van der Waals surface area (Å²) in [7, 11) is 0. The minimum atomic E-state index is -1.19. The molecule has 0 amide bonds. The van der Waals surface area contributed by atoms with Crippen LogP contribution in [-0.2, 0) is 0 Å². The van der Waals surface area contributed by atoms with Crippen molar-refractivity contribution in [3.8, 4) is 11.8 Å². The van der Waals surface area contributed by atoms with Crippen LogP contribution in [-0.4, -0.2) is 26.0 Å². The van der Waals surface area contributed by atoms with Crippen molar-refractivity contribution in [1.29, 1.82) is 0 Å². The third kappa shape index (κ3) is 2.67. The van der Waals surface area contributed by atoms with E-state index in [-0.39, 0.29) is 17.5 Å². The van der Waals surface area contributed by atoms with Crippen LogP contribution in [0.1, 0.15) is 10.5 Å². The normalized spacial score (nSPS) is 9.94. The molecule has 0 aliphatic rings. The first-order chi connectivity index (χ1) is 8.16. The number of hydrogen-bond donors (Lipinski definition) is 1. The van der Waals surface area contributed by atoms with E-state index in [0.29, 0.717) is 5.02 Å². The predicted octanol–water partition coefficient (Wildman–Crippen LogP) is 2.02. The first-order valence-electron chi connectivity index (χ1n) is 4.50. The van der Waals surface area contributed by atoms with Gasteiger partial charge in [-0.15, -0.1) is 0 Å². The monoisotopic (exact) mass is 251 g/mol. The van der Waals surface area contributed by atoms with Crippen LogP contribution in [0.4, 0.5) is 0 Å². The number of carbonyl (C=O) groups is 1. The van der Waals surface area contributed by atoms with Gasteiger partial charge in [0.05, 0.1) is 17.4 Å². The number of aromatic carboxylic acids is 1. The third-order valence-electron chi connectivity index (χ3n) is 1.77. The van der Waals surface area contributed by atoms with Crippen molar-refractivity contribution < 1.29 is 14.6 Å². The summed E-state index contributed by atoms with van der Waals surface area (Å²) in [6.45, 7) is 0. The molecule has 0 atom stereocenters. The molecule has 86 valence electrons. The van der Waals surface area contributed by atoms with Crippen LogP contribution >= 0.6 is 11.6 Å². The molecular weight excluding hydrogens is 246 g/mol. The summed E-state index contributed by atoms with van der Waals surface area (Å²) in [5.41, 5.74) is -0.203. The van der Waals surface area contributed by atoms with Gasteiger partial charge in [-0.05, 0) is 12.1 Å². The summed E-state index contributed by atoms with van der Waals surface area (Å²) in [6, 6.07) is 3.02. The van der Waals surface area contributed by atoms with Gasteiger partial charge in [-0.2, -0.15) is 0 Å². The molecular formula is C10H6ClN3O3. The molecule has 2 rings (SSSR count). The summed E-state index contributed by atoms with van der Waals surface area (Å²) < 4.78 is 5.20. The summed E-state index contributed by atoms with van der Waals surface area (Å²) in [6.07, 6.45) is 4.06. The van der Waals surface area contributed by atoms with Gasteiger partial charge in [0.1, 0.15) is 0 Å². The van der Waals surface area contributed by atoms with Crippen LogP contribution in [0.5, 0.6) is 11.8 Å². The fourth-order valence-corrected chi connectivity index (χ4v) is 1.18. The highest BCUT2D eigenvalue weighted by Crippen LogP contribution is 2.21. The Morgan fingerprint density at radius 1 is 1.29 bits per heavy atom. The molecule has 17 heavy (non-hydrogen) atoms. The van der Waals surface area contributed by atoms with E-state index in [1.54, 1.807) is 6.07 Å². The quantitative estimate of drug-likeness (QED) is 0.898. The van der Waals surface area contributed by atoms with Gasteiger partial charge in [0, 0.05) is 6.20 Å². The Balaban J connectivity index is 2.30. The average molecular weight is 252 g/mol. The van der Waals surface area contributed by atoms with Crippen LogP contribution in [0.25, 0.3) is 0 Å². The SMILES string of the molecule is O=C(O)c1ncccc1Oc1ncc(Cl)cn1. The van der Waals surface area contributed by atoms with Crippen molar-refractivity contribution in [2.45, 2.75) is 0 Å². The largest absolute Gasteiger partial charge is 0.476 e. The van der Waals surface area contributed by atoms with E-state index in [2.05, 4.69) is 15.0 Å². The lowest BCUT2D eigenvalue weighted by Gasteiger charge is -2.05. The number of aromatic nitrogens is 3. The van der Waals surface area contributed by atoms with Crippen LogP contribution in [0, 0.1) is 0 Å². The smallest absolute Gasteiger partial charge is 0.358 e. The van der Waals surface area contributed by atoms with Gasteiger partial charge in [0.15, 0.2) is 11.4 Å². The predicted molar refractivity (Wildman–Crippen MR) is 58.3 cm³/mol. The zero-order chi connectivity index (χ0) is 12.3. The Hall–Kier alpha value is -2.21. The highest BCUT2D eigenvalue weighted by Gasteiger charge is 2.13. The molecule has 2 heterocycles. The lowest BCUT2D eigenvalue weighted by Crippen LogP contribution is -2.03. The maximum atomic E-state index is 10.9. The molecule has 0 saturated carbocycles. The number of hydrogen-bond acceptors (Lipinski definition) is 5. The molecule has 0 radical (unpaired) electrons. The molecule has 1 N–H and O–H groups in total. The lowest BCUT2D eigenvalue weighted by molar-refractivity contribution is 0.0687. The fourth-order valence-electron chi connectivity index (χ4n) is 1.09. The van der Waals surface area contributed by atoms with E-state index in [1.165, 1.54) is 24.7 Å². The average Bonchev–Trinajstić information content (AvgIpc) is 2.32. The molecule has 2 aromatic rings. The van der Waals surface area contributed by atoms with Gasteiger partial charge < -0.3 is 9.84 Å². The van der Waals surface area contributed by atoms with E-state index in [4.69, 9.17) is 21.4 Å². The van der Waals surface area contributed by atoms with Gasteiger partial charge >= 0.3 is 12.0 Å². The first kappa shape index (κ1) is 11.3. The standard InChI is InChI=1S/C10H6ClN3O3/c11-6-4-13-10(14-5-6)17-7-2-1-3-12-8(7)9(15)16/h1-5H,(H,15,16). The lowest BCUT2D eigenvalue weighted by atomic mass is 10.3. The number of carboxylic acids is 1. The van der Waals surface area contributed by atoms with Crippen LogP contribution in [0.3, 0.4) is 0 Å². The molecule has 6 nitrogen and oxygen atoms in total. The van der Waals surface area contributed by atoms with Crippen molar-refractivity contribution in [1.82, 2.24) is 15.0 Å². The fraction of sp³-hybridized carbons (Fsp3) is 0. The van der Waals surface area contributed by atoms with E-state index >= 15 is 0 Å². The second-order valence-electron chi connectivity index (χ2n) is 2.94. The zero-order valence-corrected chi connectivity index (χ0v) is 9.13. The number of rotatable bonds is 3. The number of pyridine rings is 1. The molecule has 0 aliphatic carbocycles. The second kappa shape index (κ2) is 4.75. The zero-order valence-electron chi connectivity index (χ0n) is 8.37. The Morgan fingerprint density at radius 2 is 2.00 bits per heavy atom. The van der Waals surface area contributed by atoms with Gasteiger partial charge in [-0.25, -0.2) is 19.7 Å². The minimum absolute atomic E-state index is 0.00454. The van der Waals surface area contributed by atoms with Crippen LogP contribution < -0.4 is 4.74 Å². The van der Waals surface area contributed by atoms with Gasteiger partial charge in [-0.1, -0.05) is 11.6 Å². The summed E-state index contributed by atoms with van der Waals surface area (Å²) in [4.78, 5) is 22.1. The number of halogens is 1. The summed E-state index contributed by atoms with van der Waals surface area (Å²) in [5, 5.41) is 9.25. The van der Waals surface area contributed by atoms with Crippen LogP contribution in [0.15, 0.2) is 30.7 Å². The minimum Gasteiger partial charge on any atom is -0.476 e. The van der Waals surface area contributed by atoms with Gasteiger partial charge in [0.25, 0.3) is 0 Å². The molecule has 7 heteroatoms. The number of nitrogens with zero attached hydrogens (tertiary/aromatic N) is 3. The molecule has 0 fully saturated rings. The Bertz CT molecular complexity index is 545. The summed E-state index contributed by atoms with van der Waals surface area (Å²) in [5.74, 6) is -1.11. The Kier molecular flexibility index (Phi) is 3.15. The second-order valence-corrected chi connectivity index (χ2v) is 3.38. The Morgan fingerprint density at radius 3 is 2.65 bits per heavy atom. The van der Waals surface area contributed by atoms with Crippen molar-refractivity contribution in [3.05, 3.63) is 41.4 Å². The topological polar surface area (TPSA) is 85.2 Å². The summed E-state index contributed by atoms with van der Waals surface area (Å²) >= 11 is 5.61. The molecule has 0 aliphatic heterocycles. The Labute approximate surface area is 101 Å². The molecule has 2 aromatic heterocycles.